The van der Waals surface area contributed by atoms with Crippen molar-refractivity contribution >= 4 is 11.7 Å². The number of benzene rings is 1. The average molecular weight is 306 g/mol. The Morgan fingerprint density at radius 3 is 2.62 bits per heavy atom. The Labute approximate surface area is 120 Å². The lowest BCUT2D eigenvalue weighted by atomic mass is 10.2. The lowest BCUT2D eigenvalue weighted by Gasteiger charge is -2.17. The SMILES string of the molecule is CCC(CO)NC(=O)Nc1ccccc1OCC(F)(F)F. The van der Waals surface area contributed by atoms with E-state index in [1.54, 1.807) is 13.0 Å². The normalized spacial score (nSPS) is 12.6. The monoisotopic (exact) mass is 306 g/mol. The topological polar surface area (TPSA) is 70.6 Å². The number of hydrogen-bond donors (Lipinski definition) is 3. The standard InChI is InChI=1S/C13H17F3N2O3/c1-2-9(7-19)17-12(20)18-10-5-3-4-6-11(10)21-8-13(14,15)16/h3-6,9,19H,2,7-8H2,1H3,(H2,17,18,20). The fourth-order valence-electron chi connectivity index (χ4n) is 1.48. The fourth-order valence-corrected chi connectivity index (χ4v) is 1.48. The summed E-state index contributed by atoms with van der Waals surface area (Å²) in [6.45, 7) is 0.110. The number of aliphatic hydroxyl groups is 1. The van der Waals surface area contributed by atoms with Gasteiger partial charge in [0, 0.05) is 0 Å². The third-order valence-corrected chi connectivity index (χ3v) is 2.57. The van der Waals surface area contributed by atoms with Crippen molar-refractivity contribution in [1.82, 2.24) is 5.32 Å². The summed E-state index contributed by atoms with van der Waals surface area (Å²) >= 11 is 0. The number of rotatable bonds is 6. The minimum atomic E-state index is -4.46. The van der Waals surface area contributed by atoms with E-state index in [9.17, 15) is 18.0 Å². The third-order valence-electron chi connectivity index (χ3n) is 2.57. The van der Waals surface area contributed by atoms with Crippen LogP contribution in [0.15, 0.2) is 24.3 Å². The number of carbonyl (C=O) groups excluding carboxylic acids is 1. The number of hydrogen-bond acceptors (Lipinski definition) is 3. The highest BCUT2D eigenvalue weighted by molar-refractivity contribution is 5.91. The van der Waals surface area contributed by atoms with Gasteiger partial charge in [-0.3, -0.25) is 0 Å². The van der Waals surface area contributed by atoms with Gasteiger partial charge in [-0.2, -0.15) is 13.2 Å². The van der Waals surface area contributed by atoms with E-state index in [1.807, 2.05) is 0 Å². The van der Waals surface area contributed by atoms with Crippen LogP contribution in [0.25, 0.3) is 0 Å². The first-order valence-electron chi connectivity index (χ1n) is 6.32. The van der Waals surface area contributed by atoms with Crippen molar-refractivity contribution in [2.24, 2.45) is 0 Å². The summed E-state index contributed by atoms with van der Waals surface area (Å²) in [6, 6.07) is 4.75. The van der Waals surface area contributed by atoms with Gasteiger partial charge in [0.25, 0.3) is 0 Å². The molecule has 21 heavy (non-hydrogen) atoms. The highest BCUT2D eigenvalue weighted by Crippen LogP contribution is 2.26. The molecule has 0 spiro atoms. The molecule has 1 unspecified atom stereocenters. The van der Waals surface area contributed by atoms with Crippen molar-refractivity contribution in [1.29, 1.82) is 0 Å². The van der Waals surface area contributed by atoms with Crippen molar-refractivity contribution in [3.63, 3.8) is 0 Å². The first-order chi connectivity index (χ1) is 9.85. The average Bonchev–Trinajstić information content (AvgIpc) is 2.43. The second-order valence-electron chi connectivity index (χ2n) is 4.29. The molecule has 0 fully saturated rings. The predicted molar refractivity (Wildman–Crippen MR) is 71.3 cm³/mol. The largest absolute Gasteiger partial charge is 0.482 e. The molecule has 118 valence electrons. The van der Waals surface area contributed by atoms with Gasteiger partial charge in [0.05, 0.1) is 18.3 Å². The van der Waals surface area contributed by atoms with Gasteiger partial charge in [-0.15, -0.1) is 0 Å². The molecule has 0 aliphatic heterocycles. The minimum Gasteiger partial charge on any atom is -0.482 e. The minimum absolute atomic E-state index is 0.0815. The molecule has 1 aromatic carbocycles. The summed E-state index contributed by atoms with van der Waals surface area (Å²) in [5.41, 5.74) is 0.118. The van der Waals surface area contributed by atoms with Crippen molar-refractivity contribution in [3.05, 3.63) is 24.3 Å². The Balaban J connectivity index is 2.68. The Morgan fingerprint density at radius 2 is 2.05 bits per heavy atom. The molecular formula is C13H17F3N2O3. The quantitative estimate of drug-likeness (QED) is 0.756. The number of anilines is 1. The van der Waals surface area contributed by atoms with Gasteiger partial charge in [0.1, 0.15) is 5.75 Å². The maximum atomic E-state index is 12.1. The van der Waals surface area contributed by atoms with E-state index in [-0.39, 0.29) is 18.0 Å². The molecule has 0 saturated carbocycles. The molecule has 0 radical (unpaired) electrons. The third kappa shape index (κ3) is 6.35. The van der Waals surface area contributed by atoms with E-state index in [4.69, 9.17) is 5.11 Å². The number of halogens is 3. The van der Waals surface area contributed by atoms with Crippen LogP contribution in [0, 0.1) is 0 Å². The zero-order chi connectivity index (χ0) is 15.9. The maximum Gasteiger partial charge on any atom is 0.422 e. The lowest BCUT2D eigenvalue weighted by molar-refractivity contribution is -0.153. The van der Waals surface area contributed by atoms with Crippen molar-refractivity contribution in [2.75, 3.05) is 18.5 Å². The van der Waals surface area contributed by atoms with Crippen LogP contribution in [-0.2, 0) is 0 Å². The van der Waals surface area contributed by atoms with E-state index < -0.39 is 24.9 Å². The summed E-state index contributed by atoms with van der Waals surface area (Å²) in [5.74, 6) is -0.0815. The van der Waals surface area contributed by atoms with Gasteiger partial charge in [-0.05, 0) is 18.6 Å². The fraction of sp³-hybridized carbons (Fsp3) is 0.462. The van der Waals surface area contributed by atoms with Gasteiger partial charge < -0.3 is 20.5 Å². The molecule has 0 bridgehead atoms. The van der Waals surface area contributed by atoms with Crippen LogP contribution >= 0.6 is 0 Å². The molecule has 1 rings (SSSR count). The van der Waals surface area contributed by atoms with E-state index in [2.05, 4.69) is 15.4 Å². The van der Waals surface area contributed by atoms with Crippen molar-refractivity contribution in [2.45, 2.75) is 25.6 Å². The molecule has 0 heterocycles. The number of nitrogens with one attached hydrogen (secondary N) is 2. The second-order valence-corrected chi connectivity index (χ2v) is 4.29. The number of aliphatic hydroxyl groups excluding tert-OH is 1. The molecule has 0 aromatic heterocycles. The van der Waals surface area contributed by atoms with Crippen LogP contribution in [0.1, 0.15) is 13.3 Å². The highest BCUT2D eigenvalue weighted by atomic mass is 19.4. The molecule has 2 amide bonds. The summed E-state index contributed by atoms with van der Waals surface area (Å²) in [4.78, 5) is 11.7. The van der Waals surface area contributed by atoms with E-state index in [0.29, 0.717) is 6.42 Å². The summed E-state index contributed by atoms with van der Waals surface area (Å²) in [5, 5.41) is 13.9. The molecule has 0 saturated heterocycles. The number of ether oxygens (including phenoxy) is 1. The smallest absolute Gasteiger partial charge is 0.422 e. The number of amides is 2. The van der Waals surface area contributed by atoms with E-state index in [0.717, 1.165) is 0 Å². The number of para-hydroxylation sites is 2. The van der Waals surface area contributed by atoms with Crippen molar-refractivity contribution < 1.29 is 27.8 Å². The molecule has 1 aromatic rings. The van der Waals surface area contributed by atoms with Gasteiger partial charge in [-0.1, -0.05) is 19.1 Å². The molecule has 5 nitrogen and oxygen atoms in total. The summed E-state index contributed by atoms with van der Waals surface area (Å²) in [6.07, 6.45) is -3.93. The lowest BCUT2D eigenvalue weighted by Crippen LogP contribution is -2.39. The van der Waals surface area contributed by atoms with Gasteiger partial charge in [0.2, 0.25) is 0 Å². The Hall–Kier alpha value is -1.96. The summed E-state index contributed by atoms with van der Waals surface area (Å²) < 4.78 is 41.1. The molecular weight excluding hydrogens is 289 g/mol. The zero-order valence-electron chi connectivity index (χ0n) is 11.4. The number of alkyl halides is 3. The molecule has 8 heteroatoms. The van der Waals surface area contributed by atoms with E-state index in [1.165, 1.54) is 18.2 Å². The Bertz CT molecular complexity index is 462. The van der Waals surface area contributed by atoms with Crippen LogP contribution in [0.4, 0.5) is 23.7 Å². The van der Waals surface area contributed by atoms with Gasteiger partial charge >= 0.3 is 12.2 Å². The van der Waals surface area contributed by atoms with E-state index >= 15 is 0 Å². The van der Waals surface area contributed by atoms with Gasteiger partial charge in [0.15, 0.2) is 6.61 Å². The molecule has 0 aliphatic rings. The van der Waals surface area contributed by atoms with Gasteiger partial charge in [-0.25, -0.2) is 4.79 Å². The number of carbonyl (C=O) groups is 1. The van der Waals surface area contributed by atoms with Crippen LogP contribution in [0.5, 0.6) is 5.75 Å². The first kappa shape index (κ1) is 17.1. The number of urea groups is 1. The zero-order valence-corrected chi connectivity index (χ0v) is 11.4. The van der Waals surface area contributed by atoms with Crippen molar-refractivity contribution in [3.8, 4) is 5.75 Å². The molecule has 3 N–H and O–H groups in total. The van der Waals surface area contributed by atoms with Crippen LogP contribution in [-0.4, -0.2) is 36.6 Å². The first-order valence-corrected chi connectivity index (χ1v) is 6.32. The Morgan fingerprint density at radius 1 is 1.38 bits per heavy atom. The maximum absolute atomic E-state index is 12.1. The second kappa shape index (κ2) is 7.72. The highest BCUT2D eigenvalue weighted by Gasteiger charge is 2.28. The summed E-state index contributed by atoms with van der Waals surface area (Å²) in [7, 11) is 0. The molecule has 1 atom stereocenters. The Kier molecular flexibility index (Phi) is 6.29. The molecule has 0 aliphatic carbocycles. The van der Waals surface area contributed by atoms with Crippen LogP contribution in [0.2, 0.25) is 0 Å². The predicted octanol–water partition coefficient (Wildman–Crippen LogP) is 2.52. The van der Waals surface area contributed by atoms with Crippen LogP contribution in [0.3, 0.4) is 0 Å². The van der Waals surface area contributed by atoms with Crippen LogP contribution < -0.4 is 15.4 Å².